The summed E-state index contributed by atoms with van der Waals surface area (Å²) in [4.78, 5) is 39.1. The molecule has 0 unspecified atom stereocenters. The largest absolute Gasteiger partial charge is 0.495 e. The molecule has 0 saturated carbocycles. The van der Waals surface area contributed by atoms with E-state index in [1.807, 2.05) is 0 Å². The van der Waals surface area contributed by atoms with E-state index in [0.717, 1.165) is 0 Å². The summed E-state index contributed by atoms with van der Waals surface area (Å²) in [6.45, 7) is 3.65. The molecule has 8 heteroatoms. The molecule has 1 aliphatic heterocycles. The quantitative estimate of drug-likeness (QED) is 0.810. The molecule has 8 nitrogen and oxygen atoms in total. The Labute approximate surface area is 146 Å². The lowest BCUT2D eigenvalue weighted by Crippen LogP contribution is -2.51. The first-order valence-electron chi connectivity index (χ1n) is 8.17. The fraction of sp³-hybridized carbons (Fsp3) is 0.471. The van der Waals surface area contributed by atoms with E-state index >= 15 is 0 Å². The lowest BCUT2D eigenvalue weighted by Gasteiger charge is -2.34. The number of hydrogen-bond donors (Lipinski definition) is 1. The predicted molar refractivity (Wildman–Crippen MR) is 91.4 cm³/mol. The maximum absolute atomic E-state index is 12.3. The van der Waals surface area contributed by atoms with Gasteiger partial charge in [-0.1, -0.05) is 12.1 Å². The number of anilines is 1. The van der Waals surface area contributed by atoms with Crippen molar-refractivity contribution in [2.45, 2.75) is 13.3 Å². The summed E-state index contributed by atoms with van der Waals surface area (Å²) in [6.07, 6.45) is -0.624. The number of benzene rings is 1. The molecule has 0 bridgehead atoms. The third kappa shape index (κ3) is 5.10. The number of carbonyl (C=O) groups is 3. The van der Waals surface area contributed by atoms with Crippen LogP contribution in [0.15, 0.2) is 24.3 Å². The van der Waals surface area contributed by atoms with Crippen molar-refractivity contribution in [2.24, 2.45) is 0 Å². The molecule has 0 aromatic heterocycles. The molecule has 1 heterocycles. The fourth-order valence-electron chi connectivity index (χ4n) is 2.54. The normalized spacial score (nSPS) is 14.0. The number of carbonyl (C=O) groups excluding carboxylic acids is 3. The second-order valence-electron chi connectivity index (χ2n) is 5.49. The van der Waals surface area contributed by atoms with Crippen LogP contribution in [0.3, 0.4) is 0 Å². The minimum Gasteiger partial charge on any atom is -0.495 e. The van der Waals surface area contributed by atoms with Gasteiger partial charge in [-0.3, -0.25) is 9.59 Å². The van der Waals surface area contributed by atoms with Crippen LogP contribution in [0.5, 0.6) is 5.75 Å². The summed E-state index contributed by atoms with van der Waals surface area (Å²) in [7, 11) is 1.51. The van der Waals surface area contributed by atoms with Gasteiger partial charge < -0.3 is 24.6 Å². The summed E-state index contributed by atoms with van der Waals surface area (Å²) in [5, 5.41) is 2.68. The van der Waals surface area contributed by atoms with E-state index < -0.39 is 5.91 Å². The topological polar surface area (TPSA) is 88.2 Å². The number of nitrogens with one attached hydrogen (secondary N) is 1. The van der Waals surface area contributed by atoms with E-state index in [1.165, 1.54) is 7.11 Å². The SMILES string of the molecule is CCOC(=O)N1CCN(C(=O)CC(=O)Nc2ccccc2OC)CC1. The minimum absolute atomic E-state index is 0.253. The third-order valence-corrected chi connectivity index (χ3v) is 3.85. The second kappa shape index (κ2) is 8.91. The molecular formula is C17H23N3O5. The highest BCUT2D eigenvalue weighted by Gasteiger charge is 2.26. The Balaban J connectivity index is 1.82. The Morgan fingerprint density at radius 3 is 2.36 bits per heavy atom. The Morgan fingerprint density at radius 1 is 1.08 bits per heavy atom. The molecule has 136 valence electrons. The van der Waals surface area contributed by atoms with Gasteiger partial charge in [-0.05, 0) is 19.1 Å². The third-order valence-electron chi connectivity index (χ3n) is 3.85. The van der Waals surface area contributed by atoms with E-state index in [-0.39, 0.29) is 18.4 Å². The van der Waals surface area contributed by atoms with E-state index in [0.29, 0.717) is 44.2 Å². The van der Waals surface area contributed by atoms with Crippen molar-refractivity contribution in [2.75, 3.05) is 45.2 Å². The zero-order valence-corrected chi connectivity index (χ0v) is 14.5. The Kier molecular flexibility index (Phi) is 6.62. The van der Waals surface area contributed by atoms with E-state index in [2.05, 4.69) is 5.32 Å². The Hall–Kier alpha value is -2.77. The smallest absolute Gasteiger partial charge is 0.409 e. The van der Waals surface area contributed by atoms with Gasteiger partial charge in [0.05, 0.1) is 19.4 Å². The van der Waals surface area contributed by atoms with Crippen LogP contribution in [0.2, 0.25) is 0 Å². The molecule has 1 aliphatic rings. The number of piperazine rings is 1. The molecule has 0 aliphatic carbocycles. The van der Waals surface area contributed by atoms with Crippen molar-refractivity contribution in [3.05, 3.63) is 24.3 Å². The van der Waals surface area contributed by atoms with Crippen LogP contribution in [0.25, 0.3) is 0 Å². The van der Waals surface area contributed by atoms with Gasteiger partial charge in [0.15, 0.2) is 0 Å². The van der Waals surface area contributed by atoms with Crippen molar-refractivity contribution >= 4 is 23.6 Å². The zero-order valence-electron chi connectivity index (χ0n) is 14.5. The molecule has 1 aromatic rings. The molecule has 25 heavy (non-hydrogen) atoms. The van der Waals surface area contributed by atoms with Crippen molar-refractivity contribution in [1.82, 2.24) is 9.80 Å². The van der Waals surface area contributed by atoms with Gasteiger partial charge in [0.1, 0.15) is 12.2 Å². The molecule has 3 amide bonds. The fourth-order valence-corrected chi connectivity index (χ4v) is 2.54. The Bertz CT molecular complexity index is 626. The lowest BCUT2D eigenvalue weighted by atomic mass is 10.2. The summed E-state index contributed by atoms with van der Waals surface area (Å²) in [5.41, 5.74) is 0.523. The molecule has 1 fully saturated rings. The first kappa shape index (κ1) is 18.6. The van der Waals surface area contributed by atoms with Gasteiger partial charge >= 0.3 is 6.09 Å². The summed E-state index contributed by atoms with van der Waals surface area (Å²) < 4.78 is 10.1. The molecule has 1 saturated heterocycles. The van der Waals surface area contributed by atoms with Crippen molar-refractivity contribution < 1.29 is 23.9 Å². The van der Waals surface area contributed by atoms with Crippen molar-refractivity contribution in [1.29, 1.82) is 0 Å². The monoisotopic (exact) mass is 349 g/mol. The van der Waals surface area contributed by atoms with Gasteiger partial charge in [0.25, 0.3) is 0 Å². The van der Waals surface area contributed by atoms with Crippen LogP contribution in [-0.2, 0) is 14.3 Å². The van der Waals surface area contributed by atoms with Gasteiger partial charge in [-0.25, -0.2) is 4.79 Å². The standard InChI is InChI=1S/C17H23N3O5/c1-3-25-17(23)20-10-8-19(9-11-20)16(22)12-15(21)18-13-6-4-5-7-14(13)24-2/h4-7H,3,8-12H2,1-2H3,(H,18,21). The van der Waals surface area contributed by atoms with Gasteiger partial charge in [-0.15, -0.1) is 0 Å². The van der Waals surface area contributed by atoms with Crippen LogP contribution in [0.1, 0.15) is 13.3 Å². The molecule has 0 spiro atoms. The molecule has 1 aromatic carbocycles. The highest BCUT2D eigenvalue weighted by molar-refractivity contribution is 6.04. The maximum Gasteiger partial charge on any atom is 0.409 e. The average Bonchev–Trinajstić information content (AvgIpc) is 2.62. The molecule has 2 rings (SSSR count). The number of amides is 3. The first-order chi connectivity index (χ1) is 12.0. The number of rotatable bonds is 5. The van der Waals surface area contributed by atoms with Gasteiger partial charge in [0.2, 0.25) is 11.8 Å². The number of para-hydroxylation sites is 2. The predicted octanol–water partition coefficient (Wildman–Crippen LogP) is 1.32. The number of hydrogen-bond acceptors (Lipinski definition) is 5. The minimum atomic E-state index is -0.401. The molecule has 1 N–H and O–H groups in total. The molecule has 0 radical (unpaired) electrons. The van der Waals surface area contributed by atoms with E-state index in [1.54, 1.807) is 41.0 Å². The van der Waals surface area contributed by atoms with E-state index in [9.17, 15) is 14.4 Å². The molecular weight excluding hydrogens is 326 g/mol. The maximum atomic E-state index is 12.3. The van der Waals surface area contributed by atoms with Gasteiger partial charge in [-0.2, -0.15) is 0 Å². The van der Waals surface area contributed by atoms with Crippen LogP contribution in [0.4, 0.5) is 10.5 Å². The zero-order chi connectivity index (χ0) is 18.2. The van der Waals surface area contributed by atoms with E-state index in [4.69, 9.17) is 9.47 Å². The highest BCUT2D eigenvalue weighted by atomic mass is 16.6. The highest BCUT2D eigenvalue weighted by Crippen LogP contribution is 2.23. The second-order valence-corrected chi connectivity index (χ2v) is 5.49. The average molecular weight is 349 g/mol. The number of nitrogens with zero attached hydrogens (tertiary/aromatic N) is 2. The van der Waals surface area contributed by atoms with Crippen molar-refractivity contribution in [3.8, 4) is 5.75 Å². The lowest BCUT2D eigenvalue weighted by molar-refractivity contribution is -0.135. The first-order valence-corrected chi connectivity index (χ1v) is 8.17. The van der Waals surface area contributed by atoms with Crippen LogP contribution in [0, 0.1) is 0 Å². The van der Waals surface area contributed by atoms with Crippen molar-refractivity contribution in [3.63, 3.8) is 0 Å². The molecule has 0 atom stereocenters. The number of methoxy groups -OCH3 is 1. The van der Waals surface area contributed by atoms with Gasteiger partial charge in [0, 0.05) is 26.2 Å². The Morgan fingerprint density at radius 2 is 1.72 bits per heavy atom. The van der Waals surface area contributed by atoms with Crippen LogP contribution in [-0.4, -0.2) is 67.6 Å². The summed E-state index contributed by atoms with van der Waals surface area (Å²) in [5.74, 6) is -0.135. The van der Waals surface area contributed by atoms with Crippen LogP contribution >= 0.6 is 0 Å². The number of ether oxygens (including phenoxy) is 2. The van der Waals surface area contributed by atoms with Crippen LogP contribution < -0.4 is 10.1 Å². The summed E-state index contributed by atoms with van der Waals surface area (Å²) >= 11 is 0. The summed E-state index contributed by atoms with van der Waals surface area (Å²) in [6, 6.07) is 7.00.